The molecule has 1 aromatic heterocycles. The Bertz CT molecular complexity index is 607. The number of nitrogens with one attached hydrogen (secondary N) is 2. The van der Waals surface area contributed by atoms with Crippen LogP contribution in [0.2, 0.25) is 0 Å². The Balaban J connectivity index is 1.60. The lowest BCUT2D eigenvalue weighted by Gasteiger charge is -2.26. The van der Waals surface area contributed by atoms with Crippen LogP contribution >= 0.6 is 0 Å². The molecule has 2 N–H and O–H groups in total. The molecule has 0 aromatic carbocycles. The fourth-order valence-corrected chi connectivity index (χ4v) is 4.45. The van der Waals surface area contributed by atoms with Crippen LogP contribution in [-0.2, 0) is 0 Å². The third kappa shape index (κ3) is 5.44. The highest BCUT2D eigenvalue weighted by atomic mass is 15.2. The standard InChI is InChI=1S/C22H37N5/c1-18-10-8-16-26(18)17-9-11-20(23)19-12-13-21(25-22(19)24-2)27-14-6-4-3-5-7-15-27/h12-13,18,23H,3-11,14-17H2,1-2H3,(H,24,25). The molecule has 1 atom stereocenters. The van der Waals surface area contributed by atoms with Crippen LogP contribution in [-0.4, -0.2) is 54.9 Å². The summed E-state index contributed by atoms with van der Waals surface area (Å²) in [7, 11) is 1.92. The summed E-state index contributed by atoms with van der Waals surface area (Å²) in [5, 5.41) is 11.8. The second kappa shape index (κ2) is 10.1. The average molecular weight is 372 g/mol. The molecule has 0 saturated carbocycles. The first-order valence-corrected chi connectivity index (χ1v) is 10.9. The first-order chi connectivity index (χ1) is 13.2. The van der Waals surface area contributed by atoms with Crippen molar-refractivity contribution in [1.29, 1.82) is 5.41 Å². The zero-order valence-corrected chi connectivity index (χ0v) is 17.3. The first-order valence-electron chi connectivity index (χ1n) is 10.9. The van der Waals surface area contributed by atoms with Crippen molar-refractivity contribution < 1.29 is 0 Å². The summed E-state index contributed by atoms with van der Waals surface area (Å²) in [4.78, 5) is 9.85. The summed E-state index contributed by atoms with van der Waals surface area (Å²) >= 11 is 0. The van der Waals surface area contributed by atoms with Crippen molar-refractivity contribution in [2.75, 3.05) is 43.4 Å². The van der Waals surface area contributed by atoms with E-state index >= 15 is 0 Å². The van der Waals surface area contributed by atoms with Gasteiger partial charge in [-0.05, 0) is 70.7 Å². The summed E-state index contributed by atoms with van der Waals surface area (Å²) in [6.07, 6.45) is 11.1. The van der Waals surface area contributed by atoms with Crippen molar-refractivity contribution in [3.63, 3.8) is 0 Å². The number of hydrogen-bond donors (Lipinski definition) is 2. The molecule has 27 heavy (non-hydrogen) atoms. The van der Waals surface area contributed by atoms with Gasteiger partial charge in [0.15, 0.2) is 0 Å². The molecule has 0 radical (unpaired) electrons. The van der Waals surface area contributed by atoms with Gasteiger partial charge in [-0.15, -0.1) is 0 Å². The van der Waals surface area contributed by atoms with E-state index in [1.165, 1.54) is 51.5 Å². The number of pyridine rings is 1. The molecule has 3 rings (SSSR count). The van der Waals surface area contributed by atoms with Gasteiger partial charge in [-0.25, -0.2) is 4.98 Å². The Morgan fingerprint density at radius 3 is 2.52 bits per heavy atom. The largest absolute Gasteiger partial charge is 0.373 e. The van der Waals surface area contributed by atoms with Crippen LogP contribution in [0.1, 0.15) is 70.3 Å². The normalized spacial score (nSPS) is 21.7. The third-order valence-corrected chi connectivity index (χ3v) is 6.19. The Morgan fingerprint density at radius 2 is 1.85 bits per heavy atom. The molecule has 5 nitrogen and oxygen atoms in total. The summed E-state index contributed by atoms with van der Waals surface area (Å²) in [6, 6.07) is 4.94. The fraction of sp³-hybridized carbons (Fsp3) is 0.727. The molecular formula is C22H37N5. The van der Waals surface area contributed by atoms with Crippen molar-refractivity contribution in [3.8, 4) is 0 Å². The highest BCUT2D eigenvalue weighted by molar-refractivity contribution is 6.02. The molecule has 0 amide bonds. The second-order valence-corrected chi connectivity index (χ2v) is 8.18. The Morgan fingerprint density at radius 1 is 1.11 bits per heavy atom. The topological polar surface area (TPSA) is 55.3 Å². The van der Waals surface area contributed by atoms with E-state index in [2.05, 4.69) is 34.2 Å². The lowest BCUT2D eigenvalue weighted by molar-refractivity contribution is 0.267. The molecular weight excluding hydrogens is 334 g/mol. The van der Waals surface area contributed by atoms with Gasteiger partial charge in [0.05, 0.1) is 0 Å². The van der Waals surface area contributed by atoms with Gasteiger partial charge in [0.25, 0.3) is 0 Å². The molecule has 2 aliphatic heterocycles. The van der Waals surface area contributed by atoms with Gasteiger partial charge in [-0.1, -0.05) is 19.3 Å². The van der Waals surface area contributed by atoms with Crippen LogP contribution in [0.5, 0.6) is 0 Å². The van der Waals surface area contributed by atoms with E-state index in [0.717, 1.165) is 49.7 Å². The van der Waals surface area contributed by atoms with E-state index in [1.54, 1.807) is 0 Å². The summed E-state index contributed by atoms with van der Waals surface area (Å²) < 4.78 is 0. The number of rotatable bonds is 7. The maximum absolute atomic E-state index is 8.56. The van der Waals surface area contributed by atoms with Gasteiger partial charge in [0, 0.05) is 37.5 Å². The number of nitrogens with zero attached hydrogens (tertiary/aromatic N) is 3. The molecule has 2 saturated heterocycles. The van der Waals surface area contributed by atoms with Crippen LogP contribution in [0.25, 0.3) is 0 Å². The Hall–Kier alpha value is -1.62. The predicted molar refractivity (Wildman–Crippen MR) is 115 cm³/mol. The van der Waals surface area contributed by atoms with E-state index in [-0.39, 0.29) is 0 Å². The van der Waals surface area contributed by atoms with Crippen molar-refractivity contribution >= 4 is 17.3 Å². The number of likely N-dealkylation sites (tertiary alicyclic amines) is 1. The lowest BCUT2D eigenvalue weighted by Crippen LogP contribution is -2.28. The quantitative estimate of drug-likeness (QED) is 0.692. The lowest BCUT2D eigenvalue weighted by atomic mass is 10.1. The SMILES string of the molecule is CNc1nc(N2CCCCCCC2)ccc1C(=N)CCCN1CCCC1C. The summed E-state index contributed by atoms with van der Waals surface area (Å²) in [6.45, 7) is 6.85. The van der Waals surface area contributed by atoms with E-state index in [9.17, 15) is 0 Å². The van der Waals surface area contributed by atoms with Gasteiger partial charge in [0.1, 0.15) is 11.6 Å². The molecule has 0 bridgehead atoms. The molecule has 2 fully saturated rings. The molecule has 1 aromatic rings. The maximum atomic E-state index is 8.56. The highest BCUT2D eigenvalue weighted by Gasteiger charge is 2.20. The van der Waals surface area contributed by atoms with Gasteiger partial charge < -0.3 is 20.5 Å². The second-order valence-electron chi connectivity index (χ2n) is 8.18. The molecule has 150 valence electrons. The first kappa shape index (κ1) is 20.1. The fourth-order valence-electron chi connectivity index (χ4n) is 4.45. The minimum Gasteiger partial charge on any atom is -0.373 e. The molecule has 1 unspecified atom stereocenters. The third-order valence-electron chi connectivity index (χ3n) is 6.19. The highest BCUT2D eigenvalue weighted by Crippen LogP contribution is 2.23. The van der Waals surface area contributed by atoms with Gasteiger partial charge in [-0.3, -0.25) is 0 Å². The van der Waals surface area contributed by atoms with Crippen molar-refractivity contribution in [2.45, 2.75) is 70.8 Å². The number of aromatic nitrogens is 1. The minimum atomic E-state index is 0.706. The molecule has 5 heteroatoms. The molecule has 0 aliphatic carbocycles. The molecule has 0 spiro atoms. The zero-order chi connectivity index (χ0) is 19.1. The van der Waals surface area contributed by atoms with Crippen LogP contribution < -0.4 is 10.2 Å². The van der Waals surface area contributed by atoms with Gasteiger partial charge >= 0.3 is 0 Å². The van der Waals surface area contributed by atoms with E-state index < -0.39 is 0 Å². The minimum absolute atomic E-state index is 0.706. The van der Waals surface area contributed by atoms with Gasteiger partial charge in [-0.2, -0.15) is 0 Å². The smallest absolute Gasteiger partial charge is 0.137 e. The maximum Gasteiger partial charge on any atom is 0.137 e. The molecule has 3 heterocycles. The predicted octanol–water partition coefficient (Wildman–Crippen LogP) is 4.53. The van der Waals surface area contributed by atoms with Crippen LogP contribution in [0.15, 0.2) is 12.1 Å². The molecule has 2 aliphatic rings. The van der Waals surface area contributed by atoms with Crippen LogP contribution in [0.3, 0.4) is 0 Å². The average Bonchev–Trinajstić information content (AvgIpc) is 3.06. The Kier molecular flexibility index (Phi) is 7.50. The van der Waals surface area contributed by atoms with Crippen LogP contribution in [0, 0.1) is 5.41 Å². The van der Waals surface area contributed by atoms with Crippen molar-refractivity contribution in [1.82, 2.24) is 9.88 Å². The zero-order valence-electron chi connectivity index (χ0n) is 17.3. The number of anilines is 2. The monoisotopic (exact) mass is 371 g/mol. The Labute approximate surface area is 165 Å². The van der Waals surface area contributed by atoms with Crippen LogP contribution in [0.4, 0.5) is 11.6 Å². The summed E-state index contributed by atoms with van der Waals surface area (Å²) in [5.41, 5.74) is 1.67. The van der Waals surface area contributed by atoms with E-state index in [4.69, 9.17) is 10.4 Å². The van der Waals surface area contributed by atoms with Gasteiger partial charge in [0.2, 0.25) is 0 Å². The van der Waals surface area contributed by atoms with Crippen molar-refractivity contribution in [3.05, 3.63) is 17.7 Å². The number of hydrogen-bond acceptors (Lipinski definition) is 5. The summed E-state index contributed by atoms with van der Waals surface area (Å²) in [5.74, 6) is 1.91. The van der Waals surface area contributed by atoms with E-state index in [1.807, 2.05) is 7.05 Å². The van der Waals surface area contributed by atoms with E-state index in [0.29, 0.717) is 11.8 Å². The van der Waals surface area contributed by atoms with Crippen molar-refractivity contribution in [2.24, 2.45) is 0 Å².